The van der Waals surface area contributed by atoms with Crippen LogP contribution in [0.3, 0.4) is 0 Å². The maximum atomic E-state index is 12.3. The van der Waals surface area contributed by atoms with Crippen molar-refractivity contribution in [1.29, 1.82) is 0 Å². The van der Waals surface area contributed by atoms with E-state index in [0.717, 1.165) is 16.5 Å². The number of aromatic nitrogens is 1. The van der Waals surface area contributed by atoms with Crippen molar-refractivity contribution in [2.24, 2.45) is 0 Å². The van der Waals surface area contributed by atoms with Gasteiger partial charge >= 0.3 is 0 Å². The molecule has 0 radical (unpaired) electrons. The van der Waals surface area contributed by atoms with Crippen molar-refractivity contribution in [3.63, 3.8) is 0 Å². The first kappa shape index (κ1) is 13.4. The summed E-state index contributed by atoms with van der Waals surface area (Å²) >= 11 is 0. The number of H-pyrrole nitrogens is 1. The fourth-order valence-corrected chi connectivity index (χ4v) is 2.35. The van der Waals surface area contributed by atoms with Gasteiger partial charge < -0.3 is 15.4 Å². The highest BCUT2D eigenvalue weighted by molar-refractivity contribution is 5.98. The number of aliphatic hydroxyl groups is 1. The van der Waals surface area contributed by atoms with Crippen molar-refractivity contribution in [2.75, 3.05) is 6.61 Å². The summed E-state index contributed by atoms with van der Waals surface area (Å²) in [7, 11) is 0. The lowest BCUT2D eigenvalue weighted by Crippen LogP contribution is -2.30. The van der Waals surface area contributed by atoms with E-state index in [1.54, 1.807) is 6.07 Å². The molecule has 0 aliphatic rings. The molecule has 106 valence electrons. The summed E-state index contributed by atoms with van der Waals surface area (Å²) in [4.78, 5) is 15.4. The third-order valence-corrected chi connectivity index (χ3v) is 3.51. The molecule has 2 aromatic carbocycles. The molecule has 1 atom stereocenters. The first-order valence-corrected chi connectivity index (χ1v) is 6.82. The number of hydrogen-bond donors (Lipinski definition) is 3. The van der Waals surface area contributed by atoms with Gasteiger partial charge in [0.25, 0.3) is 5.91 Å². The molecule has 1 aromatic heterocycles. The summed E-state index contributed by atoms with van der Waals surface area (Å²) in [5.74, 6) is -0.200. The van der Waals surface area contributed by atoms with Crippen LogP contribution >= 0.6 is 0 Å². The van der Waals surface area contributed by atoms with Crippen molar-refractivity contribution in [2.45, 2.75) is 6.04 Å². The Bertz CT molecular complexity index is 750. The van der Waals surface area contributed by atoms with E-state index in [1.807, 2.05) is 54.7 Å². The van der Waals surface area contributed by atoms with Crippen molar-refractivity contribution < 1.29 is 9.90 Å². The van der Waals surface area contributed by atoms with E-state index in [0.29, 0.717) is 5.56 Å². The molecule has 4 nitrogen and oxygen atoms in total. The van der Waals surface area contributed by atoms with Gasteiger partial charge in [-0.25, -0.2) is 0 Å². The Hall–Kier alpha value is -2.59. The summed E-state index contributed by atoms with van der Waals surface area (Å²) in [5, 5.41) is 13.4. The van der Waals surface area contributed by atoms with Crippen LogP contribution in [0.15, 0.2) is 60.8 Å². The minimum absolute atomic E-state index is 0.138. The quantitative estimate of drug-likeness (QED) is 0.688. The highest BCUT2D eigenvalue weighted by Gasteiger charge is 2.15. The van der Waals surface area contributed by atoms with Crippen LogP contribution in [0.5, 0.6) is 0 Å². The Kier molecular flexibility index (Phi) is 3.71. The molecule has 0 aliphatic heterocycles. The third kappa shape index (κ3) is 2.80. The van der Waals surface area contributed by atoms with Gasteiger partial charge in [0.2, 0.25) is 0 Å². The lowest BCUT2D eigenvalue weighted by molar-refractivity contribution is 0.0916. The van der Waals surface area contributed by atoms with Crippen LogP contribution in [-0.4, -0.2) is 22.6 Å². The average Bonchev–Trinajstić information content (AvgIpc) is 3.00. The maximum absolute atomic E-state index is 12.3. The van der Waals surface area contributed by atoms with Gasteiger partial charge in [-0.1, -0.05) is 36.4 Å². The van der Waals surface area contributed by atoms with Crippen LogP contribution in [-0.2, 0) is 0 Å². The molecule has 1 unspecified atom stereocenters. The Morgan fingerprint density at radius 1 is 1.14 bits per heavy atom. The highest BCUT2D eigenvalue weighted by atomic mass is 16.3. The Balaban J connectivity index is 1.81. The number of aromatic amines is 1. The average molecular weight is 280 g/mol. The van der Waals surface area contributed by atoms with E-state index in [1.165, 1.54) is 0 Å². The van der Waals surface area contributed by atoms with Gasteiger partial charge in [-0.15, -0.1) is 0 Å². The Morgan fingerprint density at radius 3 is 2.71 bits per heavy atom. The van der Waals surface area contributed by atoms with Crippen LogP contribution in [0.4, 0.5) is 0 Å². The predicted molar refractivity (Wildman–Crippen MR) is 82.0 cm³/mol. The van der Waals surface area contributed by atoms with Crippen LogP contribution in [0.25, 0.3) is 10.9 Å². The molecule has 1 heterocycles. The van der Waals surface area contributed by atoms with Gasteiger partial charge in [0, 0.05) is 17.3 Å². The molecule has 3 aromatic rings. The zero-order chi connectivity index (χ0) is 14.7. The van der Waals surface area contributed by atoms with Crippen LogP contribution in [0.1, 0.15) is 22.0 Å². The first-order chi connectivity index (χ1) is 10.3. The second kappa shape index (κ2) is 5.81. The molecule has 0 aliphatic carbocycles. The number of carbonyl (C=O) groups is 1. The minimum atomic E-state index is -0.405. The predicted octanol–water partition coefficient (Wildman–Crippen LogP) is 2.63. The SMILES string of the molecule is O=C(NC(CO)c1ccccc1)c1ccc2cc[nH]c2c1. The van der Waals surface area contributed by atoms with Crippen molar-refractivity contribution >= 4 is 16.8 Å². The summed E-state index contributed by atoms with van der Waals surface area (Å²) < 4.78 is 0. The number of amides is 1. The highest BCUT2D eigenvalue weighted by Crippen LogP contribution is 2.16. The van der Waals surface area contributed by atoms with Gasteiger partial charge in [0.1, 0.15) is 0 Å². The second-order valence-electron chi connectivity index (χ2n) is 4.90. The molecule has 3 rings (SSSR count). The molecular formula is C17H16N2O2. The topological polar surface area (TPSA) is 65.1 Å². The first-order valence-electron chi connectivity index (χ1n) is 6.82. The number of benzene rings is 2. The number of aliphatic hydroxyl groups excluding tert-OH is 1. The monoisotopic (exact) mass is 280 g/mol. The third-order valence-electron chi connectivity index (χ3n) is 3.51. The summed E-state index contributed by atoms with van der Waals surface area (Å²) in [6, 6.07) is 16.5. The largest absolute Gasteiger partial charge is 0.394 e. The molecule has 1 amide bonds. The molecule has 0 spiro atoms. The molecule has 0 fully saturated rings. The van der Waals surface area contributed by atoms with Gasteiger partial charge in [0.05, 0.1) is 12.6 Å². The molecule has 21 heavy (non-hydrogen) atoms. The van der Waals surface area contributed by atoms with E-state index in [2.05, 4.69) is 10.3 Å². The molecule has 0 saturated heterocycles. The van der Waals surface area contributed by atoms with Crippen molar-refractivity contribution in [1.82, 2.24) is 10.3 Å². The van der Waals surface area contributed by atoms with Gasteiger partial charge in [-0.05, 0) is 29.1 Å². The molecule has 0 saturated carbocycles. The van der Waals surface area contributed by atoms with Crippen LogP contribution < -0.4 is 5.32 Å². The van der Waals surface area contributed by atoms with E-state index in [4.69, 9.17) is 0 Å². The number of rotatable bonds is 4. The van der Waals surface area contributed by atoms with E-state index in [9.17, 15) is 9.90 Å². The fourth-order valence-electron chi connectivity index (χ4n) is 2.35. The van der Waals surface area contributed by atoms with Crippen LogP contribution in [0.2, 0.25) is 0 Å². The van der Waals surface area contributed by atoms with E-state index in [-0.39, 0.29) is 12.5 Å². The van der Waals surface area contributed by atoms with Gasteiger partial charge in [-0.3, -0.25) is 4.79 Å². The van der Waals surface area contributed by atoms with E-state index < -0.39 is 6.04 Å². The Labute approximate surface area is 122 Å². The van der Waals surface area contributed by atoms with Crippen molar-refractivity contribution in [3.05, 3.63) is 71.9 Å². The molecule has 4 heteroatoms. The summed E-state index contributed by atoms with van der Waals surface area (Å²) in [6.45, 7) is -0.138. The second-order valence-corrected chi connectivity index (χ2v) is 4.90. The number of carbonyl (C=O) groups excluding carboxylic acids is 1. The fraction of sp³-hybridized carbons (Fsp3) is 0.118. The van der Waals surface area contributed by atoms with Gasteiger partial charge in [0.15, 0.2) is 0 Å². The lowest BCUT2D eigenvalue weighted by atomic mass is 10.1. The summed E-state index contributed by atoms with van der Waals surface area (Å²) in [6.07, 6.45) is 1.84. The number of hydrogen-bond acceptors (Lipinski definition) is 2. The minimum Gasteiger partial charge on any atom is -0.394 e. The zero-order valence-electron chi connectivity index (χ0n) is 11.4. The lowest BCUT2D eigenvalue weighted by Gasteiger charge is -2.16. The number of nitrogens with one attached hydrogen (secondary N) is 2. The van der Waals surface area contributed by atoms with Gasteiger partial charge in [-0.2, -0.15) is 0 Å². The number of fused-ring (bicyclic) bond motifs is 1. The molecular weight excluding hydrogens is 264 g/mol. The van der Waals surface area contributed by atoms with E-state index >= 15 is 0 Å². The maximum Gasteiger partial charge on any atom is 0.251 e. The smallest absolute Gasteiger partial charge is 0.251 e. The van der Waals surface area contributed by atoms with Crippen LogP contribution in [0, 0.1) is 0 Å². The zero-order valence-corrected chi connectivity index (χ0v) is 11.4. The summed E-state index contributed by atoms with van der Waals surface area (Å²) in [5.41, 5.74) is 2.37. The van der Waals surface area contributed by atoms with Crippen molar-refractivity contribution in [3.8, 4) is 0 Å². The molecule has 3 N–H and O–H groups in total. The normalized spacial score (nSPS) is 12.2. The molecule has 0 bridgehead atoms. The standard InChI is InChI=1S/C17H16N2O2/c20-11-16(12-4-2-1-3-5-12)19-17(21)14-7-6-13-8-9-18-15(13)10-14/h1-10,16,18,20H,11H2,(H,19,21). The Morgan fingerprint density at radius 2 is 1.95 bits per heavy atom.